The van der Waals surface area contributed by atoms with Crippen molar-refractivity contribution in [2.24, 2.45) is 10.9 Å². The molecule has 7 nitrogen and oxygen atoms in total. The van der Waals surface area contributed by atoms with Gasteiger partial charge in [0, 0.05) is 38.4 Å². The molecule has 0 radical (unpaired) electrons. The number of hydrogen-bond acceptors (Lipinski definition) is 4. The Morgan fingerprint density at radius 1 is 1.60 bits per heavy atom. The van der Waals surface area contributed by atoms with Crippen LogP contribution in [0, 0.1) is 0 Å². The van der Waals surface area contributed by atoms with Crippen molar-refractivity contribution < 1.29 is 10.0 Å². The predicted octanol–water partition coefficient (Wildman–Crippen LogP) is 1.14. The van der Waals surface area contributed by atoms with Crippen molar-refractivity contribution in [3.8, 4) is 0 Å². The number of amidine groups is 1. The fraction of sp³-hybridized carbons (Fsp3) is 0.462. The number of carbonyl (C=O) groups is 1. The SMILES string of the molecule is CCCNC(=O)N(CC/C(N)=N/O)Cc1cccnc1. The first-order chi connectivity index (χ1) is 9.67. The summed E-state index contributed by atoms with van der Waals surface area (Å²) >= 11 is 0. The maximum absolute atomic E-state index is 12.1. The molecule has 0 bridgehead atoms. The van der Waals surface area contributed by atoms with E-state index in [0.29, 0.717) is 26.1 Å². The van der Waals surface area contributed by atoms with Crippen molar-refractivity contribution in [1.29, 1.82) is 0 Å². The second-order valence-corrected chi connectivity index (χ2v) is 4.36. The highest BCUT2D eigenvalue weighted by atomic mass is 16.4. The van der Waals surface area contributed by atoms with E-state index in [1.165, 1.54) is 0 Å². The van der Waals surface area contributed by atoms with E-state index in [2.05, 4.69) is 15.5 Å². The van der Waals surface area contributed by atoms with Gasteiger partial charge in [-0.2, -0.15) is 0 Å². The quantitative estimate of drug-likeness (QED) is 0.301. The van der Waals surface area contributed by atoms with Crippen LogP contribution in [0.3, 0.4) is 0 Å². The Morgan fingerprint density at radius 3 is 3.00 bits per heavy atom. The number of hydrogen-bond donors (Lipinski definition) is 3. The largest absolute Gasteiger partial charge is 0.409 e. The zero-order valence-corrected chi connectivity index (χ0v) is 11.6. The van der Waals surface area contributed by atoms with Crippen molar-refractivity contribution in [1.82, 2.24) is 15.2 Å². The standard InChI is InChI=1S/C13H21N5O2/c1-2-6-16-13(19)18(8-5-12(14)17-20)10-11-4-3-7-15-9-11/h3-4,7,9,20H,2,5-6,8,10H2,1H3,(H2,14,17)(H,16,19). The summed E-state index contributed by atoms with van der Waals surface area (Å²) in [7, 11) is 0. The average molecular weight is 279 g/mol. The minimum atomic E-state index is -0.165. The molecule has 0 saturated heterocycles. The van der Waals surface area contributed by atoms with Gasteiger partial charge in [-0.1, -0.05) is 18.1 Å². The van der Waals surface area contributed by atoms with Crippen LogP contribution >= 0.6 is 0 Å². The van der Waals surface area contributed by atoms with Gasteiger partial charge >= 0.3 is 6.03 Å². The molecule has 0 atom stereocenters. The Morgan fingerprint density at radius 2 is 2.40 bits per heavy atom. The molecule has 0 spiro atoms. The first-order valence-corrected chi connectivity index (χ1v) is 6.55. The van der Waals surface area contributed by atoms with Crippen molar-refractivity contribution in [2.45, 2.75) is 26.3 Å². The first kappa shape index (κ1) is 15.7. The molecule has 4 N–H and O–H groups in total. The third-order valence-electron chi connectivity index (χ3n) is 2.68. The minimum Gasteiger partial charge on any atom is -0.409 e. The Hall–Kier alpha value is -2.31. The molecule has 0 saturated carbocycles. The van der Waals surface area contributed by atoms with Crippen LogP contribution in [0.2, 0.25) is 0 Å². The van der Waals surface area contributed by atoms with E-state index >= 15 is 0 Å². The number of nitrogens with zero attached hydrogens (tertiary/aromatic N) is 3. The molecular weight excluding hydrogens is 258 g/mol. The van der Waals surface area contributed by atoms with E-state index in [1.54, 1.807) is 17.3 Å². The van der Waals surface area contributed by atoms with Crippen molar-refractivity contribution >= 4 is 11.9 Å². The molecule has 1 rings (SSSR count). The zero-order valence-electron chi connectivity index (χ0n) is 11.6. The van der Waals surface area contributed by atoms with Gasteiger partial charge in [0.15, 0.2) is 0 Å². The number of carbonyl (C=O) groups excluding carboxylic acids is 1. The number of nitrogens with two attached hydrogens (primary N) is 1. The first-order valence-electron chi connectivity index (χ1n) is 6.55. The van der Waals surface area contributed by atoms with Crippen LogP contribution in [-0.2, 0) is 6.54 Å². The molecule has 1 heterocycles. The number of urea groups is 1. The minimum absolute atomic E-state index is 0.101. The van der Waals surface area contributed by atoms with Crippen LogP contribution in [0.5, 0.6) is 0 Å². The van der Waals surface area contributed by atoms with Gasteiger partial charge in [-0.15, -0.1) is 0 Å². The molecular formula is C13H21N5O2. The highest BCUT2D eigenvalue weighted by molar-refractivity contribution is 5.80. The van der Waals surface area contributed by atoms with E-state index in [9.17, 15) is 4.79 Å². The lowest BCUT2D eigenvalue weighted by molar-refractivity contribution is 0.196. The Balaban J connectivity index is 2.65. The summed E-state index contributed by atoms with van der Waals surface area (Å²) < 4.78 is 0. The summed E-state index contributed by atoms with van der Waals surface area (Å²) in [6.07, 6.45) is 4.58. The van der Waals surface area contributed by atoms with E-state index in [-0.39, 0.29) is 11.9 Å². The van der Waals surface area contributed by atoms with Crippen LogP contribution in [-0.4, -0.2) is 40.0 Å². The average Bonchev–Trinajstić information content (AvgIpc) is 2.49. The van der Waals surface area contributed by atoms with Crippen molar-refractivity contribution in [2.75, 3.05) is 13.1 Å². The molecule has 0 aromatic carbocycles. The van der Waals surface area contributed by atoms with Gasteiger partial charge in [-0.05, 0) is 18.1 Å². The lowest BCUT2D eigenvalue weighted by Gasteiger charge is -2.22. The number of nitrogens with one attached hydrogen (secondary N) is 1. The topological polar surface area (TPSA) is 104 Å². The highest BCUT2D eigenvalue weighted by Crippen LogP contribution is 2.04. The third kappa shape index (κ3) is 5.55. The van der Waals surface area contributed by atoms with Gasteiger partial charge in [0.25, 0.3) is 0 Å². The maximum atomic E-state index is 12.1. The zero-order chi connectivity index (χ0) is 14.8. The second-order valence-electron chi connectivity index (χ2n) is 4.36. The van der Waals surface area contributed by atoms with Crippen LogP contribution in [0.1, 0.15) is 25.3 Å². The number of rotatable bonds is 7. The molecule has 110 valence electrons. The van der Waals surface area contributed by atoms with Crippen LogP contribution < -0.4 is 11.1 Å². The third-order valence-corrected chi connectivity index (χ3v) is 2.68. The molecule has 1 aromatic rings. The summed E-state index contributed by atoms with van der Waals surface area (Å²) in [4.78, 5) is 17.7. The van der Waals surface area contributed by atoms with Crippen LogP contribution in [0.25, 0.3) is 0 Å². The molecule has 0 aliphatic heterocycles. The molecule has 1 aromatic heterocycles. The van der Waals surface area contributed by atoms with Gasteiger partial charge in [-0.3, -0.25) is 4.98 Å². The Bertz CT molecular complexity index is 436. The van der Waals surface area contributed by atoms with E-state index in [4.69, 9.17) is 10.9 Å². The number of pyridine rings is 1. The lowest BCUT2D eigenvalue weighted by Crippen LogP contribution is -2.41. The summed E-state index contributed by atoms with van der Waals surface area (Å²) in [5.41, 5.74) is 6.37. The molecule has 20 heavy (non-hydrogen) atoms. The summed E-state index contributed by atoms with van der Waals surface area (Å²) in [5, 5.41) is 14.3. The smallest absolute Gasteiger partial charge is 0.317 e. The Labute approximate surface area is 118 Å². The summed E-state index contributed by atoms with van der Waals surface area (Å²) in [6, 6.07) is 3.55. The van der Waals surface area contributed by atoms with E-state index < -0.39 is 0 Å². The van der Waals surface area contributed by atoms with Gasteiger partial charge in [0.1, 0.15) is 5.84 Å². The molecule has 0 aliphatic carbocycles. The fourth-order valence-electron chi connectivity index (χ4n) is 1.61. The monoisotopic (exact) mass is 279 g/mol. The number of aromatic nitrogens is 1. The van der Waals surface area contributed by atoms with Crippen molar-refractivity contribution in [3.05, 3.63) is 30.1 Å². The normalized spacial score (nSPS) is 11.2. The summed E-state index contributed by atoms with van der Waals surface area (Å²) in [6.45, 7) is 3.41. The molecule has 2 amide bonds. The molecule has 0 aliphatic rings. The van der Waals surface area contributed by atoms with E-state index in [0.717, 1.165) is 12.0 Å². The van der Waals surface area contributed by atoms with Gasteiger partial charge in [-0.25, -0.2) is 4.79 Å². The Kier molecular flexibility index (Phi) is 6.88. The predicted molar refractivity (Wildman–Crippen MR) is 76.4 cm³/mol. The van der Waals surface area contributed by atoms with E-state index in [1.807, 2.05) is 19.1 Å². The van der Waals surface area contributed by atoms with Gasteiger partial charge < -0.3 is 21.2 Å². The number of oxime groups is 1. The maximum Gasteiger partial charge on any atom is 0.317 e. The molecule has 0 fully saturated rings. The number of amides is 2. The second kappa shape index (κ2) is 8.73. The van der Waals surface area contributed by atoms with Crippen LogP contribution in [0.4, 0.5) is 4.79 Å². The highest BCUT2D eigenvalue weighted by Gasteiger charge is 2.14. The van der Waals surface area contributed by atoms with Gasteiger partial charge in [0.05, 0.1) is 0 Å². The fourth-order valence-corrected chi connectivity index (χ4v) is 1.61. The molecule has 0 unspecified atom stereocenters. The van der Waals surface area contributed by atoms with Gasteiger partial charge in [0.2, 0.25) is 0 Å². The van der Waals surface area contributed by atoms with Crippen molar-refractivity contribution in [3.63, 3.8) is 0 Å². The van der Waals surface area contributed by atoms with Crippen LogP contribution in [0.15, 0.2) is 29.7 Å². The summed E-state index contributed by atoms with van der Waals surface area (Å²) in [5.74, 6) is 0.101. The lowest BCUT2D eigenvalue weighted by atomic mass is 10.2. The molecule has 7 heteroatoms.